The molecule has 0 fully saturated rings. The van der Waals surface area contributed by atoms with E-state index in [0.717, 1.165) is 0 Å². The first-order chi connectivity index (χ1) is 9.15. The maximum atomic E-state index is 12.2. The minimum atomic E-state index is -0.563. The molecule has 118 valence electrons. The van der Waals surface area contributed by atoms with Crippen molar-refractivity contribution in [3.05, 3.63) is 0 Å². The average Bonchev–Trinajstić information content (AvgIpc) is 2.32. The molecule has 0 unspecified atom stereocenters. The molecular formula is C15H31N3O2. The molecule has 0 saturated heterocycles. The van der Waals surface area contributed by atoms with Gasteiger partial charge in [-0.3, -0.25) is 9.59 Å². The number of carbonyl (C=O) groups is 2. The van der Waals surface area contributed by atoms with Gasteiger partial charge in [-0.1, -0.05) is 41.5 Å². The molecule has 20 heavy (non-hydrogen) atoms. The SMILES string of the molecule is CC(C)CN(CC(C)C)C(=O)CNC(=O)[C@@H](N)C(C)C. The highest BCUT2D eigenvalue weighted by molar-refractivity contribution is 5.87. The van der Waals surface area contributed by atoms with E-state index < -0.39 is 6.04 Å². The van der Waals surface area contributed by atoms with Crippen LogP contribution in [0.25, 0.3) is 0 Å². The third kappa shape index (κ3) is 7.48. The van der Waals surface area contributed by atoms with Gasteiger partial charge in [0.25, 0.3) is 0 Å². The van der Waals surface area contributed by atoms with Crippen LogP contribution in [0.2, 0.25) is 0 Å². The highest BCUT2D eigenvalue weighted by atomic mass is 16.2. The van der Waals surface area contributed by atoms with Crippen LogP contribution in [0.5, 0.6) is 0 Å². The molecule has 0 aliphatic carbocycles. The summed E-state index contributed by atoms with van der Waals surface area (Å²) < 4.78 is 0. The minimum Gasteiger partial charge on any atom is -0.346 e. The molecule has 0 aromatic rings. The molecule has 1 atom stereocenters. The minimum absolute atomic E-state index is 0.0265. The molecule has 0 aromatic carbocycles. The van der Waals surface area contributed by atoms with Crippen LogP contribution >= 0.6 is 0 Å². The zero-order valence-electron chi connectivity index (χ0n) is 13.8. The molecule has 0 aromatic heterocycles. The molecule has 2 amide bonds. The smallest absolute Gasteiger partial charge is 0.241 e. The lowest BCUT2D eigenvalue weighted by Gasteiger charge is -2.27. The maximum absolute atomic E-state index is 12.2. The van der Waals surface area contributed by atoms with Gasteiger partial charge < -0.3 is 16.0 Å². The summed E-state index contributed by atoms with van der Waals surface area (Å²) in [6, 6.07) is -0.563. The van der Waals surface area contributed by atoms with Crippen LogP contribution in [0.1, 0.15) is 41.5 Å². The molecule has 0 rings (SSSR count). The van der Waals surface area contributed by atoms with Crippen molar-refractivity contribution in [2.45, 2.75) is 47.6 Å². The van der Waals surface area contributed by atoms with E-state index in [-0.39, 0.29) is 24.3 Å². The summed E-state index contributed by atoms with van der Waals surface area (Å²) in [6.45, 7) is 13.5. The van der Waals surface area contributed by atoms with Crippen LogP contribution in [0, 0.1) is 17.8 Å². The number of nitrogens with two attached hydrogens (primary N) is 1. The van der Waals surface area contributed by atoms with Gasteiger partial charge in [-0.2, -0.15) is 0 Å². The Morgan fingerprint density at radius 2 is 1.45 bits per heavy atom. The molecule has 0 aliphatic heterocycles. The fraction of sp³-hybridized carbons (Fsp3) is 0.867. The van der Waals surface area contributed by atoms with E-state index in [1.165, 1.54) is 0 Å². The predicted octanol–water partition coefficient (Wildman–Crippen LogP) is 1.23. The first-order valence-corrected chi connectivity index (χ1v) is 7.46. The quantitative estimate of drug-likeness (QED) is 0.704. The van der Waals surface area contributed by atoms with Crippen LogP contribution in [0.3, 0.4) is 0 Å². The first kappa shape index (κ1) is 18.9. The molecule has 0 aliphatic rings. The van der Waals surface area contributed by atoms with Gasteiger partial charge in [0.05, 0.1) is 12.6 Å². The number of nitrogens with one attached hydrogen (secondary N) is 1. The molecular weight excluding hydrogens is 254 g/mol. The molecule has 0 radical (unpaired) electrons. The summed E-state index contributed by atoms with van der Waals surface area (Å²) in [7, 11) is 0. The van der Waals surface area contributed by atoms with E-state index in [2.05, 4.69) is 33.0 Å². The van der Waals surface area contributed by atoms with Gasteiger partial charge in [0.1, 0.15) is 0 Å². The second-order valence-corrected chi connectivity index (χ2v) is 6.57. The number of hydrogen-bond acceptors (Lipinski definition) is 3. The Bertz CT molecular complexity index is 304. The second kappa shape index (κ2) is 8.95. The third-order valence-electron chi connectivity index (χ3n) is 2.96. The second-order valence-electron chi connectivity index (χ2n) is 6.57. The number of nitrogens with zero attached hydrogens (tertiary/aromatic N) is 1. The first-order valence-electron chi connectivity index (χ1n) is 7.46. The molecule has 0 saturated carbocycles. The Morgan fingerprint density at radius 1 is 1.00 bits per heavy atom. The van der Waals surface area contributed by atoms with Gasteiger partial charge in [-0.15, -0.1) is 0 Å². The van der Waals surface area contributed by atoms with Crippen LogP contribution in [0.15, 0.2) is 0 Å². The Labute approximate surface area is 123 Å². The molecule has 5 heteroatoms. The van der Waals surface area contributed by atoms with Crippen molar-refractivity contribution in [2.75, 3.05) is 19.6 Å². The summed E-state index contributed by atoms with van der Waals surface area (Å²) >= 11 is 0. The van der Waals surface area contributed by atoms with Gasteiger partial charge in [0.15, 0.2) is 0 Å². The lowest BCUT2D eigenvalue weighted by atomic mass is 10.1. The van der Waals surface area contributed by atoms with Crippen molar-refractivity contribution in [1.82, 2.24) is 10.2 Å². The standard InChI is InChI=1S/C15H31N3O2/c1-10(2)8-18(9-11(3)4)13(19)7-17-15(20)14(16)12(5)6/h10-12,14H,7-9,16H2,1-6H3,(H,17,20)/t14-/m0/s1. The van der Waals surface area contributed by atoms with E-state index in [1.54, 1.807) is 0 Å². The summed E-state index contributed by atoms with van der Waals surface area (Å²) in [5.41, 5.74) is 5.75. The monoisotopic (exact) mass is 285 g/mol. The summed E-state index contributed by atoms with van der Waals surface area (Å²) in [4.78, 5) is 25.7. The predicted molar refractivity (Wildman–Crippen MR) is 82.1 cm³/mol. The van der Waals surface area contributed by atoms with Crippen molar-refractivity contribution in [2.24, 2.45) is 23.5 Å². The Kier molecular flexibility index (Phi) is 8.46. The van der Waals surface area contributed by atoms with Gasteiger partial charge in [-0.25, -0.2) is 0 Å². The van der Waals surface area contributed by atoms with Gasteiger partial charge in [-0.05, 0) is 17.8 Å². The van der Waals surface area contributed by atoms with E-state index in [4.69, 9.17) is 5.73 Å². The number of amides is 2. The van der Waals surface area contributed by atoms with Gasteiger partial charge in [0, 0.05) is 13.1 Å². The van der Waals surface area contributed by atoms with Crippen LogP contribution in [-0.4, -0.2) is 42.4 Å². The fourth-order valence-corrected chi connectivity index (χ4v) is 1.85. The van der Waals surface area contributed by atoms with Crippen molar-refractivity contribution < 1.29 is 9.59 Å². The molecule has 0 bridgehead atoms. The highest BCUT2D eigenvalue weighted by Crippen LogP contribution is 2.04. The largest absolute Gasteiger partial charge is 0.346 e. The lowest BCUT2D eigenvalue weighted by molar-refractivity contribution is -0.134. The Morgan fingerprint density at radius 3 is 1.80 bits per heavy atom. The van der Waals surface area contributed by atoms with Crippen molar-refractivity contribution in [1.29, 1.82) is 0 Å². The van der Waals surface area contributed by atoms with E-state index in [1.807, 2.05) is 18.7 Å². The zero-order valence-corrected chi connectivity index (χ0v) is 13.8. The Balaban J connectivity index is 4.42. The van der Waals surface area contributed by atoms with E-state index in [0.29, 0.717) is 24.9 Å². The number of rotatable bonds is 8. The van der Waals surface area contributed by atoms with Gasteiger partial charge in [0.2, 0.25) is 11.8 Å². The maximum Gasteiger partial charge on any atom is 0.241 e. The zero-order chi connectivity index (χ0) is 15.9. The Hall–Kier alpha value is -1.10. The van der Waals surface area contributed by atoms with Crippen molar-refractivity contribution in [3.63, 3.8) is 0 Å². The van der Waals surface area contributed by atoms with Gasteiger partial charge >= 0.3 is 0 Å². The van der Waals surface area contributed by atoms with Crippen molar-refractivity contribution >= 4 is 11.8 Å². The average molecular weight is 285 g/mol. The molecule has 0 spiro atoms. The van der Waals surface area contributed by atoms with Crippen LogP contribution in [0.4, 0.5) is 0 Å². The number of carbonyl (C=O) groups excluding carboxylic acids is 2. The summed E-state index contributed by atoms with van der Waals surface area (Å²) in [5, 5.41) is 2.64. The number of hydrogen-bond donors (Lipinski definition) is 2. The topological polar surface area (TPSA) is 75.4 Å². The van der Waals surface area contributed by atoms with E-state index in [9.17, 15) is 9.59 Å². The normalized spacial score (nSPS) is 12.9. The highest BCUT2D eigenvalue weighted by Gasteiger charge is 2.20. The lowest BCUT2D eigenvalue weighted by Crippen LogP contribution is -2.48. The van der Waals surface area contributed by atoms with Crippen LogP contribution < -0.4 is 11.1 Å². The van der Waals surface area contributed by atoms with Crippen molar-refractivity contribution in [3.8, 4) is 0 Å². The summed E-state index contributed by atoms with van der Waals surface area (Å²) in [5.74, 6) is 0.573. The van der Waals surface area contributed by atoms with Crippen LogP contribution in [-0.2, 0) is 9.59 Å². The third-order valence-corrected chi connectivity index (χ3v) is 2.96. The van der Waals surface area contributed by atoms with E-state index >= 15 is 0 Å². The molecule has 0 heterocycles. The molecule has 5 nitrogen and oxygen atoms in total. The fourth-order valence-electron chi connectivity index (χ4n) is 1.85. The molecule has 3 N–H and O–H groups in total. The summed E-state index contributed by atoms with van der Waals surface area (Å²) in [6.07, 6.45) is 0.